The van der Waals surface area contributed by atoms with Crippen LogP contribution in [-0.4, -0.2) is 53.5 Å². The number of halogens is 1. The van der Waals surface area contributed by atoms with Crippen LogP contribution < -0.4 is 10.6 Å². The summed E-state index contributed by atoms with van der Waals surface area (Å²) in [5, 5.41) is 6.03. The zero-order chi connectivity index (χ0) is 27.9. The van der Waals surface area contributed by atoms with E-state index in [0.29, 0.717) is 28.4 Å². The van der Waals surface area contributed by atoms with Crippen molar-refractivity contribution in [1.29, 1.82) is 0 Å². The molecule has 3 amide bonds. The molecule has 0 bridgehead atoms. The van der Waals surface area contributed by atoms with Crippen LogP contribution in [0.1, 0.15) is 55.5 Å². The fourth-order valence-electron chi connectivity index (χ4n) is 3.78. The number of carbonyl (C=O) groups excluding carboxylic acids is 3. The van der Waals surface area contributed by atoms with Gasteiger partial charge < -0.3 is 20.3 Å². The summed E-state index contributed by atoms with van der Waals surface area (Å²) in [5.41, 5.74) is 3.31. The molecule has 2 N–H and O–H groups in total. The van der Waals surface area contributed by atoms with Crippen LogP contribution in [0.3, 0.4) is 0 Å². The Morgan fingerprint density at radius 1 is 1.05 bits per heavy atom. The lowest BCUT2D eigenvalue weighted by Crippen LogP contribution is -2.51. The third-order valence-corrected chi connectivity index (χ3v) is 6.86. The first-order chi connectivity index (χ1) is 17.2. The van der Waals surface area contributed by atoms with Crippen LogP contribution in [0.5, 0.6) is 0 Å². The SMILES string of the molecule is CSCCC(NC(=O)OC(C)(C)C)C(=O)N(C)C(C(=O)Nc1c(C)cccc1Cl)c1ccc(C)c(C)c1. The Hall–Kier alpha value is -2.71. The summed E-state index contributed by atoms with van der Waals surface area (Å²) in [7, 11) is 1.57. The molecule has 0 aliphatic carbocycles. The quantitative estimate of drug-likeness (QED) is 0.399. The topological polar surface area (TPSA) is 87.7 Å². The second-order valence-electron chi connectivity index (χ2n) is 10.1. The predicted molar refractivity (Wildman–Crippen MR) is 152 cm³/mol. The second-order valence-corrected chi connectivity index (χ2v) is 11.5. The lowest BCUT2D eigenvalue weighted by Gasteiger charge is -2.32. The standard InChI is InChI=1S/C28H38ClN3O4S/c1-17-12-13-20(16-19(17)3)24(25(33)31-23-18(2)10-9-11-21(23)29)32(7)26(34)22(14-15-37-8)30-27(35)36-28(4,5)6/h9-13,16,22,24H,14-15H2,1-8H3,(H,30,35)(H,31,33). The summed E-state index contributed by atoms with van der Waals surface area (Å²) in [6.07, 6.45) is 1.63. The summed E-state index contributed by atoms with van der Waals surface area (Å²) >= 11 is 7.93. The van der Waals surface area contributed by atoms with Crippen molar-refractivity contribution in [2.45, 2.75) is 65.6 Å². The second kappa shape index (κ2) is 13.2. The highest BCUT2D eigenvalue weighted by Gasteiger charge is 2.34. The van der Waals surface area contributed by atoms with Gasteiger partial charge in [-0.1, -0.05) is 41.9 Å². The summed E-state index contributed by atoms with van der Waals surface area (Å²) in [5.74, 6) is -0.162. The van der Waals surface area contributed by atoms with Gasteiger partial charge in [-0.15, -0.1) is 0 Å². The first kappa shape index (κ1) is 30.5. The Balaban J connectivity index is 2.44. The average Bonchev–Trinajstić information content (AvgIpc) is 2.79. The number of para-hydroxylation sites is 1. The normalized spacial score (nSPS) is 12.9. The van der Waals surface area contributed by atoms with Crippen molar-refractivity contribution in [2.24, 2.45) is 0 Å². The third-order valence-electron chi connectivity index (χ3n) is 5.90. The van der Waals surface area contributed by atoms with Crippen molar-refractivity contribution in [3.63, 3.8) is 0 Å². The van der Waals surface area contributed by atoms with Gasteiger partial charge in [0.25, 0.3) is 5.91 Å². The van der Waals surface area contributed by atoms with Crippen LogP contribution in [0.25, 0.3) is 0 Å². The van der Waals surface area contributed by atoms with E-state index in [9.17, 15) is 14.4 Å². The van der Waals surface area contributed by atoms with Gasteiger partial charge >= 0.3 is 6.09 Å². The van der Waals surface area contributed by atoms with Gasteiger partial charge in [0, 0.05) is 7.05 Å². The van der Waals surface area contributed by atoms with Crippen molar-refractivity contribution in [1.82, 2.24) is 10.2 Å². The molecule has 2 atom stereocenters. The number of likely N-dealkylation sites (N-methyl/N-ethyl adjacent to an activating group) is 1. The van der Waals surface area contributed by atoms with Crippen molar-refractivity contribution >= 4 is 47.0 Å². The number of alkyl carbamates (subject to hydrolysis) is 1. The fraction of sp³-hybridized carbons (Fsp3) is 0.464. The number of rotatable bonds is 9. The number of thioether (sulfide) groups is 1. The van der Waals surface area contributed by atoms with Crippen LogP contribution in [0, 0.1) is 20.8 Å². The number of hydrogen-bond acceptors (Lipinski definition) is 5. The highest BCUT2D eigenvalue weighted by molar-refractivity contribution is 7.98. The van der Waals surface area contributed by atoms with Gasteiger partial charge in [0.05, 0.1) is 10.7 Å². The molecule has 0 fully saturated rings. The van der Waals surface area contributed by atoms with E-state index >= 15 is 0 Å². The molecular weight excluding hydrogens is 510 g/mol. The van der Waals surface area contributed by atoms with Crippen molar-refractivity contribution in [3.8, 4) is 0 Å². The van der Waals surface area contributed by atoms with Crippen LogP contribution >= 0.6 is 23.4 Å². The van der Waals surface area contributed by atoms with Gasteiger partial charge in [-0.2, -0.15) is 11.8 Å². The molecule has 2 rings (SSSR count). The van der Waals surface area contributed by atoms with Gasteiger partial charge in [-0.3, -0.25) is 9.59 Å². The number of amides is 3. The molecule has 9 heteroatoms. The van der Waals surface area contributed by atoms with Gasteiger partial charge in [0.2, 0.25) is 5.91 Å². The van der Waals surface area contributed by atoms with E-state index in [1.807, 2.05) is 57.4 Å². The van der Waals surface area contributed by atoms with Crippen LogP contribution in [-0.2, 0) is 14.3 Å². The Morgan fingerprint density at radius 3 is 2.30 bits per heavy atom. The first-order valence-electron chi connectivity index (χ1n) is 12.1. The first-order valence-corrected chi connectivity index (χ1v) is 13.9. The summed E-state index contributed by atoms with van der Waals surface area (Å²) in [4.78, 5) is 41.4. The Kier molecular flexibility index (Phi) is 10.9. The van der Waals surface area contributed by atoms with Crippen molar-refractivity contribution < 1.29 is 19.1 Å². The Bertz CT molecular complexity index is 1110. The van der Waals surface area contributed by atoms with Crippen LogP contribution in [0.4, 0.5) is 10.5 Å². The molecule has 7 nitrogen and oxygen atoms in total. The van der Waals surface area contributed by atoms with Crippen LogP contribution in [0.15, 0.2) is 36.4 Å². The number of nitrogens with one attached hydrogen (secondary N) is 2. The maximum Gasteiger partial charge on any atom is 0.408 e. The molecule has 37 heavy (non-hydrogen) atoms. The lowest BCUT2D eigenvalue weighted by atomic mass is 9.98. The van der Waals surface area contributed by atoms with E-state index in [2.05, 4.69) is 10.6 Å². The molecule has 2 aromatic carbocycles. The molecule has 2 unspecified atom stereocenters. The Morgan fingerprint density at radius 2 is 1.73 bits per heavy atom. The maximum absolute atomic E-state index is 13.7. The molecule has 0 aromatic heterocycles. The largest absolute Gasteiger partial charge is 0.444 e. The number of carbonyl (C=O) groups is 3. The zero-order valence-electron chi connectivity index (χ0n) is 22.9. The highest BCUT2D eigenvalue weighted by Crippen LogP contribution is 2.29. The lowest BCUT2D eigenvalue weighted by molar-refractivity contribution is -0.139. The molecule has 0 aliphatic heterocycles. The Labute approximate surface area is 229 Å². The molecule has 0 saturated carbocycles. The van der Waals surface area contributed by atoms with Gasteiger partial charge in [0.1, 0.15) is 17.7 Å². The predicted octanol–water partition coefficient (Wildman–Crippen LogP) is 6.05. The molecule has 0 saturated heterocycles. The maximum atomic E-state index is 13.7. The number of benzene rings is 2. The molecule has 0 heterocycles. The minimum absolute atomic E-state index is 0.383. The summed E-state index contributed by atoms with van der Waals surface area (Å²) in [6, 6.07) is 9.21. The highest BCUT2D eigenvalue weighted by atomic mass is 35.5. The van der Waals surface area contributed by atoms with Gasteiger partial charge in [0.15, 0.2) is 0 Å². The smallest absolute Gasteiger partial charge is 0.408 e. The van der Waals surface area contributed by atoms with E-state index < -0.39 is 35.6 Å². The molecule has 0 aliphatic rings. The van der Waals surface area contributed by atoms with E-state index in [-0.39, 0.29) is 0 Å². The monoisotopic (exact) mass is 547 g/mol. The number of hydrogen-bond donors (Lipinski definition) is 2. The van der Waals surface area contributed by atoms with E-state index in [1.165, 1.54) is 4.90 Å². The van der Waals surface area contributed by atoms with E-state index in [1.54, 1.807) is 45.6 Å². The van der Waals surface area contributed by atoms with Gasteiger partial charge in [-0.05, 0) is 88.3 Å². The molecule has 2 aromatic rings. The number of anilines is 1. The molecule has 0 radical (unpaired) electrons. The zero-order valence-corrected chi connectivity index (χ0v) is 24.5. The third kappa shape index (κ3) is 8.68. The van der Waals surface area contributed by atoms with Gasteiger partial charge in [-0.25, -0.2) is 4.79 Å². The van der Waals surface area contributed by atoms with E-state index in [4.69, 9.17) is 16.3 Å². The summed E-state index contributed by atoms with van der Waals surface area (Å²) in [6.45, 7) is 11.1. The van der Waals surface area contributed by atoms with E-state index in [0.717, 1.165) is 16.7 Å². The minimum atomic E-state index is -0.959. The van der Waals surface area contributed by atoms with Crippen molar-refractivity contribution in [2.75, 3.05) is 24.4 Å². The number of nitrogens with zero attached hydrogens (tertiary/aromatic N) is 1. The minimum Gasteiger partial charge on any atom is -0.444 e. The average molecular weight is 548 g/mol. The van der Waals surface area contributed by atoms with Crippen molar-refractivity contribution in [3.05, 3.63) is 63.7 Å². The molecular formula is C28H38ClN3O4S. The fourth-order valence-corrected chi connectivity index (χ4v) is 4.52. The summed E-state index contributed by atoms with van der Waals surface area (Å²) < 4.78 is 5.38. The number of ether oxygens (including phenoxy) is 1. The molecule has 0 spiro atoms. The van der Waals surface area contributed by atoms with Crippen LogP contribution in [0.2, 0.25) is 5.02 Å². The number of aryl methyl sites for hydroxylation is 3. The molecule has 202 valence electrons.